The van der Waals surface area contributed by atoms with E-state index in [9.17, 15) is 0 Å². The number of ether oxygens (including phenoxy) is 2. The van der Waals surface area contributed by atoms with Crippen LogP contribution in [0, 0.1) is 0 Å². The molecule has 3 rings (SSSR count). The summed E-state index contributed by atoms with van der Waals surface area (Å²) in [7, 11) is 0. The number of fused-ring (bicyclic) bond motifs is 1. The van der Waals surface area contributed by atoms with Crippen molar-refractivity contribution in [3.63, 3.8) is 0 Å². The number of hydrogen-bond donors (Lipinski definition) is 1. The van der Waals surface area contributed by atoms with Gasteiger partial charge in [0.05, 0.1) is 11.4 Å². The predicted molar refractivity (Wildman–Crippen MR) is 66.3 cm³/mol. The molecule has 0 amide bonds. The minimum Gasteiger partial charge on any atom is -0.454 e. The molecular weight excluding hydrogens is 236 g/mol. The highest BCUT2D eigenvalue weighted by molar-refractivity contribution is 7.79. The van der Waals surface area contributed by atoms with Crippen LogP contribution < -0.4 is 9.47 Å². The molecule has 1 aromatic heterocycles. The van der Waals surface area contributed by atoms with E-state index in [2.05, 4.69) is 22.6 Å². The van der Waals surface area contributed by atoms with E-state index in [1.807, 2.05) is 24.3 Å². The lowest BCUT2D eigenvalue weighted by Gasteiger charge is -2.03. The van der Waals surface area contributed by atoms with E-state index in [0.717, 1.165) is 22.8 Å². The Morgan fingerprint density at radius 1 is 1.18 bits per heavy atom. The van der Waals surface area contributed by atoms with E-state index >= 15 is 0 Å². The molecule has 4 nitrogen and oxygen atoms in total. The van der Waals surface area contributed by atoms with Crippen LogP contribution in [0.1, 0.15) is 5.82 Å². The van der Waals surface area contributed by atoms with Gasteiger partial charge in [-0.25, -0.2) is 9.97 Å². The highest BCUT2D eigenvalue weighted by atomic mass is 32.1. The normalized spacial score (nSPS) is 12.8. The van der Waals surface area contributed by atoms with E-state index in [0.29, 0.717) is 11.6 Å². The Labute approximate surface area is 104 Å². The van der Waals surface area contributed by atoms with Crippen LogP contribution in [0.15, 0.2) is 30.5 Å². The van der Waals surface area contributed by atoms with Gasteiger partial charge in [0.2, 0.25) is 6.79 Å². The Balaban J connectivity index is 2.03. The minimum atomic E-state index is 0.282. The number of rotatable bonds is 2. The Hall–Kier alpha value is -1.75. The molecular formula is C12H10N2O2S. The summed E-state index contributed by atoms with van der Waals surface area (Å²) in [5, 5.41) is 0. The fourth-order valence-electron chi connectivity index (χ4n) is 1.69. The van der Waals surface area contributed by atoms with E-state index in [1.165, 1.54) is 0 Å². The highest BCUT2D eigenvalue weighted by Crippen LogP contribution is 2.35. The van der Waals surface area contributed by atoms with Crippen LogP contribution in [-0.2, 0) is 5.75 Å². The molecule has 1 aliphatic heterocycles. The molecule has 0 spiro atoms. The van der Waals surface area contributed by atoms with Gasteiger partial charge in [0.15, 0.2) is 11.5 Å². The molecule has 0 saturated heterocycles. The van der Waals surface area contributed by atoms with Crippen LogP contribution in [0.4, 0.5) is 0 Å². The second kappa shape index (κ2) is 4.25. The minimum absolute atomic E-state index is 0.282. The molecule has 0 bridgehead atoms. The highest BCUT2D eigenvalue weighted by Gasteiger charge is 2.14. The first kappa shape index (κ1) is 10.4. The standard InChI is InChI=1S/C12H10N2O2S/c17-6-12-13-4-3-9(14-12)8-1-2-10-11(5-8)16-7-15-10/h1-5,17H,6-7H2. The summed E-state index contributed by atoms with van der Waals surface area (Å²) in [6.45, 7) is 0.282. The number of nitrogens with zero attached hydrogens (tertiary/aromatic N) is 2. The fourth-order valence-corrected chi connectivity index (χ4v) is 1.84. The number of benzene rings is 1. The van der Waals surface area contributed by atoms with Crippen molar-refractivity contribution in [2.75, 3.05) is 6.79 Å². The monoisotopic (exact) mass is 246 g/mol. The smallest absolute Gasteiger partial charge is 0.231 e. The lowest BCUT2D eigenvalue weighted by molar-refractivity contribution is 0.174. The van der Waals surface area contributed by atoms with Gasteiger partial charge in [-0.2, -0.15) is 12.6 Å². The van der Waals surface area contributed by atoms with Gasteiger partial charge in [-0.1, -0.05) is 0 Å². The van der Waals surface area contributed by atoms with Crippen molar-refractivity contribution in [3.8, 4) is 22.8 Å². The summed E-state index contributed by atoms with van der Waals surface area (Å²) in [6, 6.07) is 7.63. The van der Waals surface area contributed by atoms with Crippen molar-refractivity contribution in [1.82, 2.24) is 9.97 Å². The van der Waals surface area contributed by atoms with Crippen molar-refractivity contribution >= 4 is 12.6 Å². The first-order valence-electron chi connectivity index (χ1n) is 5.19. The molecule has 86 valence electrons. The van der Waals surface area contributed by atoms with E-state index in [4.69, 9.17) is 9.47 Å². The van der Waals surface area contributed by atoms with Crippen LogP contribution in [0.3, 0.4) is 0 Å². The maximum absolute atomic E-state index is 5.34. The molecule has 2 heterocycles. The first-order chi connectivity index (χ1) is 8.36. The Kier molecular flexibility index (Phi) is 2.60. The predicted octanol–water partition coefficient (Wildman–Crippen LogP) is 2.30. The molecule has 0 N–H and O–H groups in total. The van der Waals surface area contributed by atoms with Gasteiger partial charge in [-0.3, -0.25) is 0 Å². The summed E-state index contributed by atoms with van der Waals surface area (Å²) in [4.78, 5) is 8.52. The molecule has 5 heteroatoms. The average molecular weight is 246 g/mol. The molecule has 1 aromatic carbocycles. The Morgan fingerprint density at radius 3 is 2.94 bits per heavy atom. The zero-order chi connectivity index (χ0) is 11.7. The summed E-state index contributed by atoms with van der Waals surface area (Å²) in [6.07, 6.45) is 1.73. The van der Waals surface area contributed by atoms with E-state index < -0.39 is 0 Å². The maximum atomic E-state index is 5.34. The van der Waals surface area contributed by atoms with E-state index in [1.54, 1.807) is 6.20 Å². The molecule has 0 fully saturated rings. The van der Waals surface area contributed by atoms with Crippen LogP contribution in [0.5, 0.6) is 11.5 Å². The lowest BCUT2D eigenvalue weighted by Crippen LogP contribution is -1.93. The number of thiol groups is 1. The van der Waals surface area contributed by atoms with Crippen LogP contribution in [0.2, 0.25) is 0 Å². The third-order valence-electron chi connectivity index (χ3n) is 2.52. The van der Waals surface area contributed by atoms with Crippen LogP contribution >= 0.6 is 12.6 Å². The Morgan fingerprint density at radius 2 is 2.06 bits per heavy atom. The quantitative estimate of drug-likeness (QED) is 0.826. The molecule has 0 saturated carbocycles. The van der Waals surface area contributed by atoms with Gasteiger partial charge < -0.3 is 9.47 Å². The zero-order valence-corrected chi connectivity index (χ0v) is 9.85. The summed E-state index contributed by atoms with van der Waals surface area (Å²) in [5.41, 5.74) is 1.85. The SMILES string of the molecule is SCc1nccc(-c2ccc3c(c2)OCO3)n1. The molecule has 0 radical (unpaired) electrons. The summed E-state index contributed by atoms with van der Waals surface area (Å²) < 4.78 is 10.6. The van der Waals surface area contributed by atoms with Crippen molar-refractivity contribution in [2.24, 2.45) is 0 Å². The van der Waals surface area contributed by atoms with Gasteiger partial charge in [0.25, 0.3) is 0 Å². The van der Waals surface area contributed by atoms with Gasteiger partial charge in [0.1, 0.15) is 5.82 Å². The van der Waals surface area contributed by atoms with Crippen molar-refractivity contribution in [1.29, 1.82) is 0 Å². The maximum Gasteiger partial charge on any atom is 0.231 e. The third-order valence-corrected chi connectivity index (χ3v) is 2.80. The summed E-state index contributed by atoms with van der Waals surface area (Å²) >= 11 is 4.17. The van der Waals surface area contributed by atoms with Gasteiger partial charge in [-0.15, -0.1) is 0 Å². The van der Waals surface area contributed by atoms with Gasteiger partial charge in [-0.05, 0) is 24.3 Å². The lowest BCUT2D eigenvalue weighted by atomic mass is 10.1. The second-order valence-corrected chi connectivity index (χ2v) is 3.90. The molecule has 0 unspecified atom stereocenters. The van der Waals surface area contributed by atoms with Crippen LogP contribution in [-0.4, -0.2) is 16.8 Å². The van der Waals surface area contributed by atoms with Gasteiger partial charge >= 0.3 is 0 Å². The molecule has 2 aromatic rings. The third kappa shape index (κ3) is 1.93. The topological polar surface area (TPSA) is 44.2 Å². The van der Waals surface area contributed by atoms with E-state index in [-0.39, 0.29) is 6.79 Å². The fraction of sp³-hybridized carbons (Fsp3) is 0.167. The van der Waals surface area contributed by atoms with Gasteiger partial charge in [0, 0.05) is 11.8 Å². The largest absolute Gasteiger partial charge is 0.454 e. The zero-order valence-electron chi connectivity index (χ0n) is 8.96. The second-order valence-electron chi connectivity index (χ2n) is 3.58. The molecule has 1 aliphatic rings. The molecule has 17 heavy (non-hydrogen) atoms. The first-order valence-corrected chi connectivity index (χ1v) is 5.83. The van der Waals surface area contributed by atoms with Crippen molar-refractivity contribution in [3.05, 3.63) is 36.3 Å². The average Bonchev–Trinajstić information content (AvgIpc) is 2.86. The molecule has 0 aliphatic carbocycles. The van der Waals surface area contributed by atoms with Crippen molar-refractivity contribution in [2.45, 2.75) is 5.75 Å². The van der Waals surface area contributed by atoms with Crippen LogP contribution in [0.25, 0.3) is 11.3 Å². The number of aromatic nitrogens is 2. The number of hydrogen-bond acceptors (Lipinski definition) is 5. The molecule has 0 atom stereocenters. The Bertz CT molecular complexity index is 560. The van der Waals surface area contributed by atoms with Crippen molar-refractivity contribution < 1.29 is 9.47 Å². The summed E-state index contributed by atoms with van der Waals surface area (Å²) in [5.74, 6) is 2.77.